The van der Waals surface area contributed by atoms with Crippen LogP contribution < -0.4 is 0 Å². The molecule has 0 aliphatic carbocycles. The largest absolute Gasteiger partial charge is 0.481 e. The van der Waals surface area contributed by atoms with Crippen LogP contribution in [0.2, 0.25) is 0 Å². The molecule has 16 heavy (non-hydrogen) atoms. The average molecular weight is 246 g/mol. The van der Waals surface area contributed by atoms with Crippen molar-refractivity contribution in [2.75, 3.05) is 12.4 Å². The van der Waals surface area contributed by atoms with E-state index >= 15 is 0 Å². The van der Waals surface area contributed by atoms with Crippen molar-refractivity contribution in [3.8, 4) is 0 Å². The second-order valence-electron chi connectivity index (χ2n) is 3.23. The summed E-state index contributed by atoms with van der Waals surface area (Å²) in [6.07, 6.45) is -0.251. The predicted octanol–water partition coefficient (Wildman–Crippen LogP) is 1.06. The SMILES string of the molecule is O=C(O)Cc1cccc(S(=O)(=O)CCF)c1. The quantitative estimate of drug-likeness (QED) is 0.843. The highest BCUT2D eigenvalue weighted by molar-refractivity contribution is 7.91. The molecule has 1 rings (SSSR count). The summed E-state index contributed by atoms with van der Waals surface area (Å²) in [6.45, 7) is -0.953. The van der Waals surface area contributed by atoms with E-state index in [0.717, 1.165) is 0 Å². The van der Waals surface area contributed by atoms with Gasteiger partial charge in [0.15, 0.2) is 9.84 Å². The zero-order valence-corrected chi connectivity index (χ0v) is 9.21. The maximum atomic E-state index is 12.0. The van der Waals surface area contributed by atoms with Crippen LogP contribution in [0.25, 0.3) is 0 Å². The van der Waals surface area contributed by atoms with Crippen molar-refractivity contribution in [2.24, 2.45) is 0 Å². The third kappa shape index (κ3) is 3.30. The minimum Gasteiger partial charge on any atom is -0.481 e. The third-order valence-corrected chi connectivity index (χ3v) is 3.62. The maximum Gasteiger partial charge on any atom is 0.307 e. The standard InChI is InChI=1S/C10H11FO4S/c11-4-5-16(14,15)9-3-1-2-8(6-9)7-10(12)13/h1-3,6H,4-5,7H2,(H,12,13). The second kappa shape index (κ2) is 5.07. The molecular formula is C10H11FO4S. The molecule has 0 aliphatic heterocycles. The summed E-state index contributed by atoms with van der Waals surface area (Å²) >= 11 is 0. The molecule has 1 N–H and O–H groups in total. The van der Waals surface area contributed by atoms with Gasteiger partial charge in [0.2, 0.25) is 0 Å². The van der Waals surface area contributed by atoms with Crippen molar-refractivity contribution in [1.82, 2.24) is 0 Å². The van der Waals surface area contributed by atoms with Crippen LogP contribution in [-0.4, -0.2) is 31.9 Å². The molecule has 0 spiro atoms. The molecule has 0 atom stereocenters. The molecule has 0 heterocycles. The van der Waals surface area contributed by atoms with Gasteiger partial charge in [-0.15, -0.1) is 0 Å². The van der Waals surface area contributed by atoms with Crippen LogP contribution in [0.4, 0.5) is 4.39 Å². The molecule has 0 bridgehead atoms. The van der Waals surface area contributed by atoms with E-state index in [9.17, 15) is 17.6 Å². The van der Waals surface area contributed by atoms with Gasteiger partial charge in [0.1, 0.15) is 6.67 Å². The Kier molecular flexibility index (Phi) is 4.00. The van der Waals surface area contributed by atoms with Gasteiger partial charge >= 0.3 is 5.97 Å². The first kappa shape index (κ1) is 12.6. The third-order valence-electron chi connectivity index (χ3n) is 1.96. The van der Waals surface area contributed by atoms with Crippen LogP contribution >= 0.6 is 0 Å². The molecule has 0 radical (unpaired) electrons. The van der Waals surface area contributed by atoms with Crippen molar-refractivity contribution < 1.29 is 22.7 Å². The summed E-state index contributed by atoms with van der Waals surface area (Å²) in [5.74, 6) is -1.62. The lowest BCUT2D eigenvalue weighted by atomic mass is 10.2. The van der Waals surface area contributed by atoms with Gasteiger partial charge < -0.3 is 5.11 Å². The number of benzene rings is 1. The highest BCUT2D eigenvalue weighted by atomic mass is 32.2. The van der Waals surface area contributed by atoms with Gasteiger partial charge in [0.25, 0.3) is 0 Å². The average Bonchev–Trinajstić information content (AvgIpc) is 2.17. The zero-order valence-electron chi connectivity index (χ0n) is 8.39. The number of hydrogen-bond donors (Lipinski definition) is 1. The maximum absolute atomic E-state index is 12.0. The first-order valence-corrected chi connectivity index (χ1v) is 6.20. The Balaban J connectivity index is 3.03. The molecule has 1 aromatic rings. The number of halogens is 1. The van der Waals surface area contributed by atoms with Crippen LogP contribution in [0, 0.1) is 0 Å². The van der Waals surface area contributed by atoms with Crippen molar-refractivity contribution >= 4 is 15.8 Å². The lowest BCUT2D eigenvalue weighted by molar-refractivity contribution is -0.136. The summed E-state index contributed by atoms with van der Waals surface area (Å²) in [7, 11) is -3.64. The summed E-state index contributed by atoms with van der Waals surface area (Å²) in [4.78, 5) is 10.4. The van der Waals surface area contributed by atoms with E-state index in [4.69, 9.17) is 5.11 Å². The Morgan fingerprint density at radius 3 is 2.62 bits per heavy atom. The first-order valence-electron chi connectivity index (χ1n) is 4.55. The van der Waals surface area contributed by atoms with Crippen molar-refractivity contribution in [2.45, 2.75) is 11.3 Å². The molecule has 6 heteroatoms. The van der Waals surface area contributed by atoms with Gasteiger partial charge in [0.05, 0.1) is 17.1 Å². The van der Waals surface area contributed by atoms with E-state index < -0.39 is 28.2 Å². The predicted molar refractivity (Wildman–Crippen MR) is 55.8 cm³/mol. The highest BCUT2D eigenvalue weighted by Crippen LogP contribution is 2.13. The van der Waals surface area contributed by atoms with Gasteiger partial charge in [-0.05, 0) is 17.7 Å². The number of carbonyl (C=O) groups is 1. The molecule has 88 valence electrons. The Bertz CT molecular complexity index is 481. The topological polar surface area (TPSA) is 71.4 Å². The second-order valence-corrected chi connectivity index (χ2v) is 5.33. The lowest BCUT2D eigenvalue weighted by Crippen LogP contribution is -2.09. The van der Waals surface area contributed by atoms with Crippen molar-refractivity contribution in [1.29, 1.82) is 0 Å². The van der Waals surface area contributed by atoms with Gasteiger partial charge in [-0.3, -0.25) is 4.79 Å². The molecule has 4 nitrogen and oxygen atoms in total. The number of alkyl halides is 1. The smallest absolute Gasteiger partial charge is 0.307 e. The van der Waals surface area contributed by atoms with E-state index in [2.05, 4.69) is 0 Å². The molecule has 0 amide bonds. The van der Waals surface area contributed by atoms with Gasteiger partial charge in [-0.1, -0.05) is 12.1 Å². The van der Waals surface area contributed by atoms with E-state index in [1.54, 1.807) is 0 Å². The summed E-state index contributed by atoms with van der Waals surface area (Å²) < 4.78 is 35.0. The van der Waals surface area contributed by atoms with Gasteiger partial charge in [0, 0.05) is 0 Å². The molecule has 0 saturated carbocycles. The Hall–Kier alpha value is -1.43. The van der Waals surface area contributed by atoms with Crippen LogP contribution in [0.1, 0.15) is 5.56 Å². The number of hydrogen-bond acceptors (Lipinski definition) is 3. The van der Waals surface area contributed by atoms with E-state index in [0.29, 0.717) is 5.56 Å². The van der Waals surface area contributed by atoms with Crippen molar-refractivity contribution in [3.63, 3.8) is 0 Å². The Morgan fingerprint density at radius 1 is 1.38 bits per heavy atom. The Morgan fingerprint density at radius 2 is 2.06 bits per heavy atom. The fourth-order valence-electron chi connectivity index (χ4n) is 1.24. The van der Waals surface area contributed by atoms with E-state index in [1.807, 2.05) is 0 Å². The molecule has 1 aromatic carbocycles. The molecule has 0 aromatic heterocycles. The monoisotopic (exact) mass is 246 g/mol. The summed E-state index contributed by atoms with van der Waals surface area (Å²) in [5, 5.41) is 8.55. The van der Waals surface area contributed by atoms with Gasteiger partial charge in [-0.2, -0.15) is 0 Å². The number of aliphatic carboxylic acids is 1. The number of sulfone groups is 1. The van der Waals surface area contributed by atoms with Crippen LogP contribution in [0.5, 0.6) is 0 Å². The summed E-state index contributed by atoms with van der Waals surface area (Å²) in [6, 6.07) is 5.56. The first-order chi connectivity index (χ1) is 7.45. The minimum absolute atomic E-state index is 0.0381. The fourth-order valence-corrected chi connectivity index (χ4v) is 2.30. The lowest BCUT2D eigenvalue weighted by Gasteiger charge is -2.03. The van der Waals surface area contributed by atoms with Gasteiger partial charge in [-0.25, -0.2) is 12.8 Å². The number of carboxylic acids is 1. The molecule has 0 aliphatic rings. The number of rotatable bonds is 5. The number of carboxylic acid groups (broad SMARTS) is 1. The molecular weight excluding hydrogens is 235 g/mol. The van der Waals surface area contributed by atoms with Crippen molar-refractivity contribution in [3.05, 3.63) is 29.8 Å². The Labute approximate surface area is 92.6 Å². The normalized spacial score (nSPS) is 11.3. The van der Waals surface area contributed by atoms with Crippen LogP contribution in [0.3, 0.4) is 0 Å². The minimum atomic E-state index is -3.64. The van der Waals surface area contributed by atoms with Crippen LogP contribution in [-0.2, 0) is 21.1 Å². The van der Waals surface area contributed by atoms with E-state index in [1.165, 1.54) is 24.3 Å². The van der Waals surface area contributed by atoms with Crippen LogP contribution in [0.15, 0.2) is 29.2 Å². The highest BCUT2D eigenvalue weighted by Gasteiger charge is 2.14. The molecule has 0 saturated heterocycles. The van der Waals surface area contributed by atoms with E-state index in [-0.39, 0.29) is 11.3 Å². The molecule has 0 fully saturated rings. The zero-order chi connectivity index (χ0) is 12.2. The fraction of sp³-hybridized carbons (Fsp3) is 0.300. The molecule has 0 unspecified atom stereocenters. The summed E-state index contributed by atoms with van der Waals surface area (Å²) in [5.41, 5.74) is 0.382.